The fraction of sp³-hybridized carbons (Fsp3) is 0.0217. The summed E-state index contributed by atoms with van der Waals surface area (Å²) in [5, 5.41) is 13.4. The van der Waals surface area contributed by atoms with Gasteiger partial charge in [0.25, 0.3) is 0 Å². The fourth-order valence-electron chi connectivity index (χ4n) is 7.63. The largest absolute Gasteiger partial charge is 0.381 e. The first-order valence-corrected chi connectivity index (χ1v) is 16.8. The Balaban J connectivity index is 1.17. The van der Waals surface area contributed by atoms with Crippen LogP contribution in [0.1, 0.15) is 5.56 Å². The molecule has 3 nitrogen and oxygen atoms in total. The molecular formula is C46H31N3. The zero-order valence-corrected chi connectivity index (χ0v) is 26.8. The molecule has 1 aliphatic heterocycles. The lowest BCUT2D eigenvalue weighted by Crippen LogP contribution is -2.14. The lowest BCUT2D eigenvalue weighted by atomic mass is 9.96. The first-order chi connectivity index (χ1) is 24.3. The van der Waals surface area contributed by atoms with E-state index in [2.05, 4.69) is 167 Å². The molecule has 0 aliphatic carbocycles. The average molecular weight is 626 g/mol. The Labute approximate surface area is 284 Å². The smallest absolute Gasteiger partial charge is 0.0619 e. The summed E-state index contributed by atoms with van der Waals surface area (Å²) in [5.74, 6) is 0. The van der Waals surface area contributed by atoms with E-state index in [0.29, 0.717) is 0 Å². The van der Waals surface area contributed by atoms with Gasteiger partial charge in [-0.2, -0.15) is 0 Å². The SMILES string of the molecule is C1=CCNC(c2ccc3cc(-c4ccc5c(ccc6c7ccc(-c8cccnc8)cc7n(-c7cccc8ccccc78)c56)c4)ccc3c2)=C1. The first-order valence-electron chi connectivity index (χ1n) is 16.8. The zero-order chi connectivity index (χ0) is 32.3. The number of dihydropyridines is 1. The Bertz CT molecular complexity index is 2810. The predicted octanol–water partition coefficient (Wildman–Crippen LogP) is 11.5. The minimum atomic E-state index is 0.867. The van der Waals surface area contributed by atoms with Crippen LogP contribution >= 0.6 is 0 Å². The van der Waals surface area contributed by atoms with Crippen molar-refractivity contribution in [3.63, 3.8) is 0 Å². The molecule has 0 spiro atoms. The van der Waals surface area contributed by atoms with Crippen LogP contribution in [0.4, 0.5) is 0 Å². The monoisotopic (exact) mass is 625 g/mol. The number of nitrogens with zero attached hydrogens (tertiary/aromatic N) is 2. The summed E-state index contributed by atoms with van der Waals surface area (Å²) in [4.78, 5) is 4.41. The number of rotatable bonds is 4. The number of benzene rings is 7. The van der Waals surface area contributed by atoms with E-state index in [1.54, 1.807) is 0 Å². The van der Waals surface area contributed by atoms with Crippen molar-refractivity contribution in [2.24, 2.45) is 0 Å². The van der Waals surface area contributed by atoms with E-state index >= 15 is 0 Å². The Morgan fingerprint density at radius 2 is 1.22 bits per heavy atom. The maximum absolute atomic E-state index is 4.41. The van der Waals surface area contributed by atoms with Gasteiger partial charge in [-0.1, -0.05) is 115 Å². The quantitative estimate of drug-likeness (QED) is 0.211. The van der Waals surface area contributed by atoms with Crippen LogP contribution in [0, 0.1) is 0 Å². The van der Waals surface area contributed by atoms with E-state index < -0.39 is 0 Å². The molecule has 0 saturated heterocycles. The van der Waals surface area contributed by atoms with Gasteiger partial charge in [0.05, 0.1) is 16.7 Å². The summed E-state index contributed by atoms with van der Waals surface area (Å²) < 4.78 is 2.48. The molecule has 49 heavy (non-hydrogen) atoms. The number of nitrogens with one attached hydrogen (secondary N) is 1. The Hall–Kier alpha value is -6.45. The summed E-state index contributed by atoms with van der Waals surface area (Å²) in [6.45, 7) is 0.867. The molecule has 2 aromatic heterocycles. The second-order valence-corrected chi connectivity index (χ2v) is 12.9. The third kappa shape index (κ3) is 4.55. The molecule has 3 heterocycles. The maximum atomic E-state index is 4.41. The molecule has 9 aromatic rings. The highest BCUT2D eigenvalue weighted by Crippen LogP contribution is 2.41. The van der Waals surface area contributed by atoms with Crippen LogP contribution in [0.2, 0.25) is 0 Å². The fourth-order valence-corrected chi connectivity index (χ4v) is 7.63. The molecule has 0 fully saturated rings. The van der Waals surface area contributed by atoms with Gasteiger partial charge in [-0.3, -0.25) is 4.98 Å². The summed E-state index contributed by atoms with van der Waals surface area (Å²) in [7, 11) is 0. The van der Waals surface area contributed by atoms with Gasteiger partial charge in [-0.05, 0) is 86.3 Å². The topological polar surface area (TPSA) is 29.9 Å². The molecule has 10 rings (SSSR count). The number of allylic oxidation sites excluding steroid dienone is 2. The van der Waals surface area contributed by atoms with E-state index in [9.17, 15) is 0 Å². The Morgan fingerprint density at radius 1 is 0.510 bits per heavy atom. The highest BCUT2D eigenvalue weighted by molar-refractivity contribution is 6.20. The minimum absolute atomic E-state index is 0.867. The maximum Gasteiger partial charge on any atom is 0.0619 e. The molecule has 0 saturated carbocycles. The molecule has 0 radical (unpaired) electrons. The van der Waals surface area contributed by atoms with E-state index in [4.69, 9.17) is 0 Å². The van der Waals surface area contributed by atoms with Crippen LogP contribution in [0.5, 0.6) is 0 Å². The van der Waals surface area contributed by atoms with Crippen molar-refractivity contribution >= 4 is 59.8 Å². The van der Waals surface area contributed by atoms with Gasteiger partial charge in [0.1, 0.15) is 0 Å². The van der Waals surface area contributed by atoms with Crippen molar-refractivity contribution in [3.8, 4) is 27.9 Å². The average Bonchev–Trinajstić information content (AvgIpc) is 3.51. The molecular weight excluding hydrogens is 595 g/mol. The van der Waals surface area contributed by atoms with Crippen LogP contribution in [0.3, 0.4) is 0 Å². The van der Waals surface area contributed by atoms with Gasteiger partial charge in [-0.25, -0.2) is 0 Å². The van der Waals surface area contributed by atoms with Gasteiger partial charge in [-0.15, -0.1) is 0 Å². The predicted molar refractivity (Wildman–Crippen MR) is 207 cm³/mol. The van der Waals surface area contributed by atoms with Crippen LogP contribution in [0.15, 0.2) is 170 Å². The van der Waals surface area contributed by atoms with Gasteiger partial charge < -0.3 is 9.88 Å². The molecule has 0 atom stereocenters. The first kappa shape index (κ1) is 27.6. The van der Waals surface area contributed by atoms with Crippen molar-refractivity contribution in [3.05, 3.63) is 176 Å². The Morgan fingerprint density at radius 3 is 2.06 bits per heavy atom. The number of pyridine rings is 1. The van der Waals surface area contributed by atoms with Gasteiger partial charge in [0, 0.05) is 51.7 Å². The van der Waals surface area contributed by atoms with Gasteiger partial charge in [0.15, 0.2) is 0 Å². The number of hydrogen-bond donors (Lipinski definition) is 1. The van der Waals surface area contributed by atoms with Crippen molar-refractivity contribution in [1.82, 2.24) is 14.9 Å². The normalized spacial score (nSPS) is 13.0. The molecule has 7 aromatic carbocycles. The summed E-state index contributed by atoms with van der Waals surface area (Å²) >= 11 is 0. The summed E-state index contributed by atoms with van der Waals surface area (Å²) in [6.07, 6.45) is 10.2. The van der Waals surface area contributed by atoms with Crippen molar-refractivity contribution in [2.45, 2.75) is 0 Å². The van der Waals surface area contributed by atoms with Crippen molar-refractivity contribution < 1.29 is 0 Å². The number of aromatic nitrogens is 2. The molecule has 1 N–H and O–H groups in total. The third-order valence-electron chi connectivity index (χ3n) is 10.0. The standard InChI is InChI=1S/C46H31N3/c1-2-10-39-30(7-1)8-5-12-44(39)49-45-28-35(38-9-6-23-47-29-38)18-21-41(45)42-22-19-36-26-34(17-20-40(36)46(42)49)31-13-14-33-27-37(16-15-32(33)25-31)43-11-3-4-24-48-43/h1-23,25-29,48H,24H2. The minimum Gasteiger partial charge on any atom is -0.381 e. The van der Waals surface area contributed by atoms with E-state index in [1.807, 2.05) is 18.5 Å². The molecule has 1 aliphatic rings. The highest BCUT2D eigenvalue weighted by Gasteiger charge is 2.18. The van der Waals surface area contributed by atoms with E-state index in [-0.39, 0.29) is 0 Å². The molecule has 0 unspecified atom stereocenters. The highest BCUT2D eigenvalue weighted by atomic mass is 15.0. The lowest BCUT2D eigenvalue weighted by Gasteiger charge is -2.14. The van der Waals surface area contributed by atoms with Crippen LogP contribution < -0.4 is 5.32 Å². The summed E-state index contributed by atoms with van der Waals surface area (Å²) in [5.41, 5.74) is 10.7. The van der Waals surface area contributed by atoms with E-state index in [1.165, 1.54) is 82.2 Å². The van der Waals surface area contributed by atoms with Crippen LogP contribution in [0.25, 0.3) is 87.8 Å². The van der Waals surface area contributed by atoms with Crippen molar-refractivity contribution in [1.29, 1.82) is 0 Å². The molecule has 230 valence electrons. The van der Waals surface area contributed by atoms with E-state index in [0.717, 1.165) is 17.7 Å². The molecule has 0 bridgehead atoms. The molecule has 0 amide bonds. The van der Waals surface area contributed by atoms with Gasteiger partial charge >= 0.3 is 0 Å². The van der Waals surface area contributed by atoms with Crippen LogP contribution in [-0.2, 0) is 0 Å². The van der Waals surface area contributed by atoms with Crippen LogP contribution in [-0.4, -0.2) is 16.1 Å². The number of hydrogen-bond acceptors (Lipinski definition) is 2. The number of fused-ring (bicyclic) bond motifs is 7. The van der Waals surface area contributed by atoms with Gasteiger partial charge in [0.2, 0.25) is 0 Å². The second-order valence-electron chi connectivity index (χ2n) is 12.9. The zero-order valence-electron chi connectivity index (χ0n) is 26.8. The lowest BCUT2D eigenvalue weighted by molar-refractivity contribution is 0.996. The molecule has 3 heteroatoms. The van der Waals surface area contributed by atoms with Crippen molar-refractivity contribution in [2.75, 3.05) is 6.54 Å². The summed E-state index contributed by atoms with van der Waals surface area (Å²) in [6, 6.07) is 51.4. The Kier molecular flexibility index (Phi) is 6.25. The third-order valence-corrected chi connectivity index (χ3v) is 10.0. The second kappa shape index (κ2) is 11.1.